The minimum absolute atomic E-state index is 0.0525. The van der Waals surface area contributed by atoms with Crippen molar-refractivity contribution in [3.8, 4) is 0 Å². The van der Waals surface area contributed by atoms with Gasteiger partial charge in [0.2, 0.25) is 0 Å². The van der Waals surface area contributed by atoms with E-state index in [1.807, 2.05) is 6.08 Å². The second-order valence-corrected chi connectivity index (χ2v) is 8.86. The lowest BCUT2D eigenvalue weighted by Crippen LogP contribution is -2.50. The van der Waals surface area contributed by atoms with Crippen LogP contribution < -0.4 is 0 Å². The van der Waals surface area contributed by atoms with Crippen LogP contribution in [0.4, 0.5) is 0 Å². The molecule has 0 aromatic rings. The highest BCUT2D eigenvalue weighted by Crippen LogP contribution is 2.65. The summed E-state index contributed by atoms with van der Waals surface area (Å²) in [7, 11) is 0. The molecular formula is C21H28O3. The molecule has 2 fully saturated rings. The summed E-state index contributed by atoms with van der Waals surface area (Å²) in [6, 6.07) is 0. The van der Waals surface area contributed by atoms with Gasteiger partial charge in [0.25, 0.3) is 0 Å². The highest BCUT2D eigenvalue weighted by molar-refractivity contribution is 5.98. The van der Waals surface area contributed by atoms with Crippen LogP contribution in [0.15, 0.2) is 23.3 Å². The molecule has 4 rings (SSSR count). The number of aliphatic hydroxyl groups is 1. The predicted molar refractivity (Wildman–Crippen MR) is 92.3 cm³/mol. The Morgan fingerprint density at radius 1 is 1.17 bits per heavy atom. The van der Waals surface area contributed by atoms with Crippen LogP contribution in [-0.2, 0) is 9.59 Å². The van der Waals surface area contributed by atoms with Gasteiger partial charge < -0.3 is 5.11 Å². The minimum atomic E-state index is -0.366. The maximum absolute atomic E-state index is 12.2. The van der Waals surface area contributed by atoms with Gasteiger partial charge in [-0.3, -0.25) is 9.59 Å². The fraction of sp³-hybridized carbons (Fsp3) is 0.714. The molecule has 0 bridgehead atoms. The summed E-state index contributed by atoms with van der Waals surface area (Å²) in [5.74, 6) is 2.03. The van der Waals surface area contributed by atoms with E-state index in [1.165, 1.54) is 5.57 Å². The van der Waals surface area contributed by atoms with Crippen molar-refractivity contribution >= 4 is 11.6 Å². The molecule has 0 amide bonds. The highest BCUT2D eigenvalue weighted by Gasteiger charge is 2.57. The first-order chi connectivity index (χ1) is 11.4. The molecule has 0 heterocycles. The van der Waals surface area contributed by atoms with Gasteiger partial charge in [0.1, 0.15) is 6.61 Å². The van der Waals surface area contributed by atoms with E-state index in [0.717, 1.165) is 44.1 Å². The smallest absolute Gasteiger partial charge is 0.184 e. The molecule has 0 aromatic heterocycles. The van der Waals surface area contributed by atoms with Crippen LogP contribution in [0.2, 0.25) is 0 Å². The SMILES string of the molecule is C[C@@]12CCC(=O)C=C1CC[C@H]1[C@@H]2CC[C@]2(C)C(C(=O)CO)=CC[C@@H]12. The van der Waals surface area contributed by atoms with Crippen molar-refractivity contribution in [3.05, 3.63) is 23.3 Å². The van der Waals surface area contributed by atoms with Crippen molar-refractivity contribution in [2.75, 3.05) is 6.61 Å². The number of Topliss-reactive ketones (excluding diaryl/α,β-unsaturated/α-hetero) is 1. The summed E-state index contributed by atoms with van der Waals surface area (Å²) in [5, 5.41) is 9.32. The van der Waals surface area contributed by atoms with Crippen molar-refractivity contribution in [2.45, 2.75) is 58.8 Å². The molecule has 1 N–H and O–H groups in total. The van der Waals surface area contributed by atoms with Gasteiger partial charge in [0, 0.05) is 6.42 Å². The fourth-order valence-electron chi connectivity index (χ4n) is 6.64. The zero-order valence-electron chi connectivity index (χ0n) is 14.8. The van der Waals surface area contributed by atoms with Crippen molar-refractivity contribution in [1.82, 2.24) is 0 Å². The Labute approximate surface area is 144 Å². The van der Waals surface area contributed by atoms with Crippen LogP contribution in [0.25, 0.3) is 0 Å². The Bertz CT molecular complexity index is 658. The molecule has 0 unspecified atom stereocenters. The molecule has 2 saturated carbocycles. The third-order valence-electron chi connectivity index (χ3n) is 7.99. The standard InChI is InChI=1S/C21H28O3/c1-20-9-7-14(23)11-13(20)3-4-15-16-5-6-18(19(24)12-22)21(16,2)10-8-17(15)20/h6,11,15-17,22H,3-5,7-10,12H2,1-2H3/t15-,16+,17+,20-,21+/m1/s1. The third-order valence-corrected chi connectivity index (χ3v) is 7.99. The van der Waals surface area contributed by atoms with E-state index in [4.69, 9.17) is 0 Å². The first-order valence-electron chi connectivity index (χ1n) is 9.49. The maximum Gasteiger partial charge on any atom is 0.184 e. The number of carbonyl (C=O) groups excluding carboxylic acids is 2. The topological polar surface area (TPSA) is 54.4 Å². The summed E-state index contributed by atoms with van der Waals surface area (Å²) in [5.41, 5.74) is 2.41. The molecule has 0 aliphatic heterocycles. The van der Waals surface area contributed by atoms with Gasteiger partial charge in [-0.05, 0) is 78.8 Å². The van der Waals surface area contributed by atoms with Gasteiger partial charge in [0.15, 0.2) is 11.6 Å². The van der Waals surface area contributed by atoms with Crippen LogP contribution >= 0.6 is 0 Å². The van der Waals surface area contributed by atoms with E-state index < -0.39 is 0 Å². The second kappa shape index (κ2) is 5.39. The van der Waals surface area contributed by atoms with E-state index in [2.05, 4.69) is 19.9 Å². The van der Waals surface area contributed by atoms with Crippen LogP contribution in [0, 0.1) is 28.6 Å². The molecule has 24 heavy (non-hydrogen) atoms. The first-order valence-corrected chi connectivity index (χ1v) is 9.49. The molecule has 3 heteroatoms. The fourth-order valence-corrected chi connectivity index (χ4v) is 6.64. The van der Waals surface area contributed by atoms with E-state index >= 15 is 0 Å². The zero-order chi connectivity index (χ0) is 17.1. The summed E-state index contributed by atoms with van der Waals surface area (Å²) < 4.78 is 0. The largest absolute Gasteiger partial charge is 0.388 e. The van der Waals surface area contributed by atoms with Gasteiger partial charge in [-0.1, -0.05) is 25.5 Å². The van der Waals surface area contributed by atoms with Crippen LogP contribution in [0.3, 0.4) is 0 Å². The number of ketones is 2. The average molecular weight is 328 g/mol. The quantitative estimate of drug-likeness (QED) is 0.842. The molecule has 0 radical (unpaired) electrons. The Balaban J connectivity index is 1.66. The maximum atomic E-state index is 12.2. The summed E-state index contributed by atoms with van der Waals surface area (Å²) in [4.78, 5) is 24.1. The Morgan fingerprint density at radius 3 is 2.71 bits per heavy atom. The van der Waals surface area contributed by atoms with E-state index in [-0.39, 0.29) is 23.2 Å². The number of rotatable bonds is 2. The number of carbonyl (C=O) groups is 2. The van der Waals surface area contributed by atoms with Gasteiger partial charge >= 0.3 is 0 Å². The normalized spacial score (nSPS) is 44.1. The minimum Gasteiger partial charge on any atom is -0.388 e. The molecule has 3 nitrogen and oxygen atoms in total. The number of hydrogen-bond acceptors (Lipinski definition) is 3. The van der Waals surface area contributed by atoms with E-state index in [9.17, 15) is 14.7 Å². The van der Waals surface area contributed by atoms with Gasteiger partial charge in [-0.15, -0.1) is 0 Å². The Kier molecular flexibility index (Phi) is 3.65. The molecule has 4 aliphatic rings. The summed E-state index contributed by atoms with van der Waals surface area (Å²) >= 11 is 0. The van der Waals surface area contributed by atoms with Crippen molar-refractivity contribution < 1.29 is 14.7 Å². The van der Waals surface area contributed by atoms with Crippen molar-refractivity contribution in [2.24, 2.45) is 28.6 Å². The van der Waals surface area contributed by atoms with E-state index in [0.29, 0.717) is 30.0 Å². The molecular weight excluding hydrogens is 300 g/mol. The number of aliphatic hydroxyl groups excluding tert-OH is 1. The van der Waals surface area contributed by atoms with Crippen LogP contribution in [-0.4, -0.2) is 23.3 Å². The average Bonchev–Trinajstić information content (AvgIpc) is 2.92. The molecule has 4 aliphatic carbocycles. The summed E-state index contributed by atoms with van der Waals surface area (Å²) in [6.07, 6.45) is 11.1. The first kappa shape index (κ1) is 16.3. The number of allylic oxidation sites excluding steroid dienone is 3. The Hall–Kier alpha value is -1.22. The number of fused-ring (bicyclic) bond motifs is 5. The lowest BCUT2D eigenvalue weighted by Gasteiger charge is -2.57. The third kappa shape index (κ3) is 2.06. The number of hydrogen-bond donors (Lipinski definition) is 1. The highest BCUT2D eigenvalue weighted by atomic mass is 16.3. The molecule has 0 saturated heterocycles. The van der Waals surface area contributed by atoms with E-state index in [1.54, 1.807) is 0 Å². The molecule has 5 atom stereocenters. The van der Waals surface area contributed by atoms with Gasteiger partial charge in [-0.2, -0.15) is 0 Å². The summed E-state index contributed by atoms with van der Waals surface area (Å²) in [6.45, 7) is 4.26. The molecule has 0 aromatic carbocycles. The van der Waals surface area contributed by atoms with Crippen LogP contribution in [0.1, 0.15) is 58.8 Å². The van der Waals surface area contributed by atoms with Crippen LogP contribution in [0.5, 0.6) is 0 Å². The van der Waals surface area contributed by atoms with Gasteiger partial charge in [-0.25, -0.2) is 0 Å². The zero-order valence-corrected chi connectivity index (χ0v) is 14.8. The lowest BCUT2D eigenvalue weighted by molar-refractivity contribution is -0.121. The lowest BCUT2D eigenvalue weighted by atomic mass is 9.47. The van der Waals surface area contributed by atoms with Crippen molar-refractivity contribution in [3.63, 3.8) is 0 Å². The second-order valence-electron chi connectivity index (χ2n) is 8.86. The molecule has 0 spiro atoms. The Morgan fingerprint density at radius 2 is 1.96 bits per heavy atom. The predicted octanol–water partition coefficient (Wildman–Crippen LogP) is 3.62. The van der Waals surface area contributed by atoms with Crippen molar-refractivity contribution in [1.29, 1.82) is 0 Å². The monoisotopic (exact) mass is 328 g/mol. The molecule has 130 valence electrons. The van der Waals surface area contributed by atoms with Gasteiger partial charge in [0.05, 0.1) is 0 Å².